The SMILES string of the molecule is CCc1n[nH]c(=S)n1NCc1cc(OC)c(OC(C)C)cc1Br. The van der Waals surface area contributed by atoms with Gasteiger partial charge in [0.05, 0.1) is 19.8 Å². The fraction of sp³-hybridized carbons (Fsp3) is 0.467. The average molecular weight is 401 g/mol. The molecule has 2 aromatic rings. The third-order valence-corrected chi connectivity index (χ3v) is 4.19. The second-order valence-electron chi connectivity index (χ2n) is 5.23. The van der Waals surface area contributed by atoms with Gasteiger partial charge in [0, 0.05) is 10.9 Å². The smallest absolute Gasteiger partial charge is 0.214 e. The van der Waals surface area contributed by atoms with Crippen molar-refractivity contribution < 1.29 is 9.47 Å². The summed E-state index contributed by atoms with van der Waals surface area (Å²) in [6.07, 6.45) is 0.863. The first-order chi connectivity index (χ1) is 11.0. The monoisotopic (exact) mass is 400 g/mol. The number of nitrogens with zero attached hydrogens (tertiary/aromatic N) is 2. The lowest BCUT2D eigenvalue weighted by Gasteiger charge is -2.17. The summed E-state index contributed by atoms with van der Waals surface area (Å²) in [4.78, 5) is 0. The number of rotatable bonds is 7. The van der Waals surface area contributed by atoms with Crippen molar-refractivity contribution >= 4 is 28.1 Å². The zero-order valence-corrected chi connectivity index (χ0v) is 16.0. The van der Waals surface area contributed by atoms with Gasteiger partial charge >= 0.3 is 0 Å². The number of ether oxygens (including phenoxy) is 2. The highest BCUT2D eigenvalue weighted by Crippen LogP contribution is 2.34. The molecule has 0 aliphatic rings. The molecule has 0 spiro atoms. The molecule has 8 heteroatoms. The molecule has 6 nitrogen and oxygen atoms in total. The van der Waals surface area contributed by atoms with Crippen molar-refractivity contribution in [2.24, 2.45) is 0 Å². The van der Waals surface area contributed by atoms with E-state index in [1.165, 1.54) is 0 Å². The second kappa shape index (κ2) is 7.83. The number of aromatic nitrogens is 3. The lowest BCUT2D eigenvalue weighted by atomic mass is 10.2. The van der Waals surface area contributed by atoms with E-state index in [0.717, 1.165) is 22.3 Å². The Bertz CT molecular complexity index is 727. The molecular formula is C15H21BrN4O2S. The van der Waals surface area contributed by atoms with E-state index in [0.29, 0.717) is 22.8 Å². The van der Waals surface area contributed by atoms with E-state index in [9.17, 15) is 0 Å². The number of halogens is 1. The number of hydrogen-bond donors (Lipinski definition) is 2. The standard InChI is InChI=1S/C15H21BrN4O2S/c1-5-14-18-19-15(23)20(14)17-8-10-6-12(21-4)13(7-11(10)16)22-9(2)3/h6-7,9,17H,5,8H2,1-4H3,(H,19,23). The summed E-state index contributed by atoms with van der Waals surface area (Å²) in [5.41, 5.74) is 4.30. The van der Waals surface area contributed by atoms with Crippen LogP contribution in [0.15, 0.2) is 16.6 Å². The van der Waals surface area contributed by atoms with Crippen molar-refractivity contribution in [3.8, 4) is 11.5 Å². The van der Waals surface area contributed by atoms with Gasteiger partial charge in [-0.15, -0.1) is 0 Å². The van der Waals surface area contributed by atoms with Crippen LogP contribution in [0.25, 0.3) is 0 Å². The van der Waals surface area contributed by atoms with E-state index < -0.39 is 0 Å². The summed E-state index contributed by atoms with van der Waals surface area (Å²) in [6.45, 7) is 6.56. The highest BCUT2D eigenvalue weighted by molar-refractivity contribution is 9.10. The summed E-state index contributed by atoms with van der Waals surface area (Å²) in [7, 11) is 1.63. The number of H-pyrrole nitrogens is 1. The fourth-order valence-corrected chi connectivity index (χ4v) is 2.79. The molecule has 2 N–H and O–H groups in total. The number of methoxy groups -OCH3 is 1. The minimum Gasteiger partial charge on any atom is -0.493 e. The normalized spacial score (nSPS) is 10.9. The molecule has 2 rings (SSSR count). The van der Waals surface area contributed by atoms with Crippen LogP contribution < -0.4 is 14.9 Å². The molecule has 23 heavy (non-hydrogen) atoms. The first-order valence-electron chi connectivity index (χ1n) is 7.39. The molecule has 0 aliphatic heterocycles. The van der Waals surface area contributed by atoms with Crippen molar-refractivity contribution in [2.45, 2.75) is 39.8 Å². The maximum Gasteiger partial charge on any atom is 0.214 e. The van der Waals surface area contributed by atoms with Crippen LogP contribution in [0.5, 0.6) is 11.5 Å². The summed E-state index contributed by atoms with van der Waals surface area (Å²) in [5, 5.41) is 6.97. The maximum atomic E-state index is 5.77. The molecule has 0 saturated heterocycles. The van der Waals surface area contributed by atoms with Gasteiger partial charge in [-0.3, -0.25) is 5.10 Å². The zero-order valence-electron chi connectivity index (χ0n) is 13.6. The van der Waals surface area contributed by atoms with Crippen LogP contribution in [0, 0.1) is 4.77 Å². The van der Waals surface area contributed by atoms with Gasteiger partial charge in [-0.25, -0.2) is 4.68 Å². The minimum atomic E-state index is 0.0798. The number of aryl methyl sites for hydroxylation is 1. The molecule has 0 fully saturated rings. The molecule has 0 atom stereocenters. The Morgan fingerprint density at radius 2 is 2.13 bits per heavy atom. The summed E-state index contributed by atoms with van der Waals surface area (Å²) < 4.78 is 14.5. The van der Waals surface area contributed by atoms with Crippen molar-refractivity contribution in [1.82, 2.24) is 14.9 Å². The van der Waals surface area contributed by atoms with Gasteiger partial charge in [0.25, 0.3) is 0 Å². The Balaban J connectivity index is 2.23. The summed E-state index contributed by atoms with van der Waals surface area (Å²) in [6, 6.07) is 3.87. The highest BCUT2D eigenvalue weighted by atomic mass is 79.9. The van der Waals surface area contributed by atoms with E-state index in [1.54, 1.807) is 11.8 Å². The molecule has 1 heterocycles. The molecule has 0 radical (unpaired) electrons. The molecule has 0 bridgehead atoms. The van der Waals surface area contributed by atoms with Gasteiger partial charge < -0.3 is 14.9 Å². The Morgan fingerprint density at radius 1 is 1.39 bits per heavy atom. The third kappa shape index (κ3) is 4.26. The maximum absolute atomic E-state index is 5.77. The zero-order chi connectivity index (χ0) is 17.0. The lowest BCUT2D eigenvalue weighted by Crippen LogP contribution is -2.17. The van der Waals surface area contributed by atoms with Crippen molar-refractivity contribution in [3.63, 3.8) is 0 Å². The van der Waals surface area contributed by atoms with Gasteiger partial charge in [0.15, 0.2) is 17.3 Å². The predicted octanol–water partition coefficient (Wildman–Crippen LogP) is 3.81. The van der Waals surface area contributed by atoms with Crippen LogP contribution in [-0.4, -0.2) is 28.1 Å². The van der Waals surface area contributed by atoms with E-state index in [1.807, 2.05) is 32.9 Å². The van der Waals surface area contributed by atoms with Gasteiger partial charge in [-0.05, 0) is 43.8 Å². The van der Waals surface area contributed by atoms with Gasteiger partial charge in [0.1, 0.15) is 0 Å². The topological polar surface area (TPSA) is 64.1 Å². The molecule has 1 aromatic heterocycles. The summed E-state index contributed by atoms with van der Waals surface area (Å²) in [5.74, 6) is 2.27. The van der Waals surface area contributed by atoms with Crippen LogP contribution in [0.1, 0.15) is 32.2 Å². The number of benzene rings is 1. The Labute approximate surface area is 149 Å². The highest BCUT2D eigenvalue weighted by Gasteiger charge is 2.12. The van der Waals surface area contributed by atoms with Crippen LogP contribution in [-0.2, 0) is 13.0 Å². The molecule has 0 unspecified atom stereocenters. The molecule has 0 saturated carbocycles. The molecule has 126 valence electrons. The Morgan fingerprint density at radius 3 is 2.74 bits per heavy atom. The van der Waals surface area contributed by atoms with Crippen LogP contribution in [0.3, 0.4) is 0 Å². The van der Waals surface area contributed by atoms with Crippen molar-refractivity contribution in [3.05, 3.63) is 32.8 Å². The molecule has 1 aromatic carbocycles. The van der Waals surface area contributed by atoms with Crippen molar-refractivity contribution in [1.29, 1.82) is 0 Å². The third-order valence-electron chi connectivity index (χ3n) is 3.18. The lowest BCUT2D eigenvalue weighted by molar-refractivity contribution is 0.230. The summed E-state index contributed by atoms with van der Waals surface area (Å²) >= 11 is 8.81. The first-order valence-corrected chi connectivity index (χ1v) is 8.59. The van der Waals surface area contributed by atoms with E-state index in [2.05, 4.69) is 31.6 Å². The quantitative estimate of drug-likeness (QED) is 0.691. The largest absolute Gasteiger partial charge is 0.493 e. The van der Waals surface area contributed by atoms with Gasteiger partial charge in [-0.2, -0.15) is 5.10 Å². The number of hydrogen-bond acceptors (Lipinski definition) is 5. The molecular weight excluding hydrogens is 380 g/mol. The van der Waals surface area contributed by atoms with E-state index >= 15 is 0 Å². The minimum absolute atomic E-state index is 0.0798. The number of aromatic amines is 1. The van der Waals surface area contributed by atoms with E-state index in [-0.39, 0.29) is 6.10 Å². The number of nitrogens with one attached hydrogen (secondary N) is 2. The van der Waals surface area contributed by atoms with Crippen molar-refractivity contribution in [2.75, 3.05) is 12.5 Å². The second-order valence-corrected chi connectivity index (χ2v) is 6.47. The van der Waals surface area contributed by atoms with Crippen LogP contribution in [0.2, 0.25) is 0 Å². The Hall–Kier alpha value is -1.54. The average Bonchev–Trinajstić information content (AvgIpc) is 2.86. The molecule has 0 amide bonds. The first kappa shape index (κ1) is 17.8. The predicted molar refractivity (Wildman–Crippen MR) is 96.3 cm³/mol. The van der Waals surface area contributed by atoms with Crippen LogP contribution in [0.4, 0.5) is 0 Å². The molecule has 0 aliphatic carbocycles. The van der Waals surface area contributed by atoms with Gasteiger partial charge in [0.2, 0.25) is 4.77 Å². The van der Waals surface area contributed by atoms with E-state index in [4.69, 9.17) is 21.7 Å². The van der Waals surface area contributed by atoms with Gasteiger partial charge in [-0.1, -0.05) is 22.9 Å². The van der Waals surface area contributed by atoms with Crippen LogP contribution >= 0.6 is 28.1 Å². The Kier molecular flexibility index (Phi) is 6.06. The fourth-order valence-electron chi connectivity index (χ4n) is 2.11.